The standard InChI is InChI=1S/C28H27Cl2N3O6S/c1-40(36,37)31-15-20(34)16-38-21-7-2-17(3-8-21)27-26-23(24-14-19(30)6-11-25(24)32-26)12-13-33(27)28(35)39-22-9-4-18(29)5-10-22/h2-11,14,20,27,31-32,34H,12-13,15-16H2,1H3. The van der Waals surface area contributed by atoms with Crippen molar-refractivity contribution in [3.63, 3.8) is 0 Å². The van der Waals surface area contributed by atoms with E-state index in [0.29, 0.717) is 34.5 Å². The Morgan fingerprint density at radius 2 is 1.75 bits per heavy atom. The topological polar surface area (TPSA) is 121 Å². The van der Waals surface area contributed by atoms with Gasteiger partial charge in [0.05, 0.1) is 6.26 Å². The first kappa shape index (κ1) is 28.3. The summed E-state index contributed by atoms with van der Waals surface area (Å²) in [6.45, 7) is 0.163. The third-order valence-electron chi connectivity index (χ3n) is 6.56. The van der Waals surface area contributed by atoms with E-state index in [0.717, 1.165) is 34.0 Å². The van der Waals surface area contributed by atoms with Gasteiger partial charge in [0.25, 0.3) is 0 Å². The third-order valence-corrected chi connectivity index (χ3v) is 7.74. The van der Waals surface area contributed by atoms with Crippen molar-refractivity contribution in [1.29, 1.82) is 0 Å². The molecule has 0 bridgehead atoms. The first-order valence-electron chi connectivity index (χ1n) is 12.5. The minimum atomic E-state index is -3.42. The van der Waals surface area contributed by atoms with Crippen LogP contribution in [0.5, 0.6) is 11.5 Å². The molecule has 0 fully saturated rings. The van der Waals surface area contributed by atoms with Crippen LogP contribution in [0.25, 0.3) is 10.9 Å². The molecule has 1 aliphatic rings. The number of nitrogens with zero attached hydrogens (tertiary/aromatic N) is 1. The zero-order valence-electron chi connectivity index (χ0n) is 21.4. The zero-order valence-corrected chi connectivity index (χ0v) is 23.8. The van der Waals surface area contributed by atoms with Gasteiger partial charge >= 0.3 is 6.09 Å². The Balaban J connectivity index is 1.41. The second kappa shape index (κ2) is 11.7. The van der Waals surface area contributed by atoms with E-state index >= 15 is 0 Å². The lowest BCUT2D eigenvalue weighted by atomic mass is 9.92. The summed E-state index contributed by atoms with van der Waals surface area (Å²) in [5, 5.41) is 12.2. The summed E-state index contributed by atoms with van der Waals surface area (Å²) >= 11 is 12.3. The molecule has 12 heteroatoms. The number of aromatic amines is 1. The van der Waals surface area contributed by atoms with E-state index in [9.17, 15) is 18.3 Å². The van der Waals surface area contributed by atoms with E-state index < -0.39 is 28.3 Å². The first-order valence-corrected chi connectivity index (χ1v) is 15.1. The van der Waals surface area contributed by atoms with Crippen LogP contribution in [-0.4, -0.2) is 61.6 Å². The molecule has 2 heterocycles. The molecule has 3 aromatic carbocycles. The first-order chi connectivity index (χ1) is 19.1. The molecule has 1 aromatic heterocycles. The Morgan fingerprint density at radius 3 is 2.45 bits per heavy atom. The molecule has 0 saturated carbocycles. The largest absolute Gasteiger partial charge is 0.491 e. The number of sulfonamides is 1. The lowest BCUT2D eigenvalue weighted by molar-refractivity contribution is 0.111. The highest BCUT2D eigenvalue weighted by Crippen LogP contribution is 2.40. The van der Waals surface area contributed by atoms with Gasteiger partial charge in [-0.3, -0.25) is 4.90 Å². The van der Waals surface area contributed by atoms with Gasteiger partial charge in [0.1, 0.15) is 30.3 Å². The number of aliphatic hydroxyl groups is 1. The minimum Gasteiger partial charge on any atom is -0.491 e. The van der Waals surface area contributed by atoms with Crippen LogP contribution in [0.2, 0.25) is 10.0 Å². The van der Waals surface area contributed by atoms with Gasteiger partial charge in [-0.05, 0) is 72.1 Å². The molecular weight excluding hydrogens is 577 g/mol. The van der Waals surface area contributed by atoms with Gasteiger partial charge in [0.2, 0.25) is 10.0 Å². The van der Waals surface area contributed by atoms with Crippen LogP contribution in [0.4, 0.5) is 4.79 Å². The summed E-state index contributed by atoms with van der Waals surface area (Å²) in [6.07, 6.45) is 0.109. The molecule has 9 nitrogen and oxygen atoms in total. The fourth-order valence-electron chi connectivity index (χ4n) is 4.71. The third kappa shape index (κ3) is 6.54. The Kier molecular flexibility index (Phi) is 8.25. The maximum Gasteiger partial charge on any atom is 0.416 e. The lowest BCUT2D eigenvalue weighted by Gasteiger charge is -2.35. The molecule has 1 aliphatic heterocycles. The van der Waals surface area contributed by atoms with E-state index in [1.54, 1.807) is 41.3 Å². The fourth-order valence-corrected chi connectivity index (χ4v) is 5.50. The Labute approximate surface area is 241 Å². The summed E-state index contributed by atoms with van der Waals surface area (Å²) in [7, 11) is -3.42. The van der Waals surface area contributed by atoms with Gasteiger partial charge in [-0.2, -0.15) is 0 Å². The summed E-state index contributed by atoms with van der Waals surface area (Å²) in [5.41, 5.74) is 3.69. The summed E-state index contributed by atoms with van der Waals surface area (Å²) in [4.78, 5) is 18.6. The van der Waals surface area contributed by atoms with Crippen molar-refractivity contribution in [2.24, 2.45) is 0 Å². The molecule has 0 saturated heterocycles. The van der Waals surface area contributed by atoms with E-state index in [2.05, 4.69) is 9.71 Å². The predicted octanol–water partition coefficient (Wildman–Crippen LogP) is 4.91. The molecule has 210 valence electrons. The van der Waals surface area contributed by atoms with Crippen LogP contribution in [0.3, 0.4) is 0 Å². The number of amides is 1. The van der Waals surface area contributed by atoms with Crippen LogP contribution in [0, 0.1) is 0 Å². The SMILES string of the molecule is CS(=O)(=O)NCC(O)COc1ccc(C2c3[nH]c4ccc(Cl)cc4c3CCN2C(=O)Oc2ccc(Cl)cc2)cc1. The number of hydrogen-bond acceptors (Lipinski definition) is 6. The number of aliphatic hydroxyl groups excluding tert-OH is 1. The van der Waals surface area contributed by atoms with Gasteiger partial charge in [-0.1, -0.05) is 35.3 Å². The number of halogens is 2. The summed E-state index contributed by atoms with van der Waals surface area (Å²) in [5.74, 6) is 0.868. The molecule has 40 heavy (non-hydrogen) atoms. The van der Waals surface area contributed by atoms with Gasteiger partial charge in [-0.25, -0.2) is 17.9 Å². The maximum atomic E-state index is 13.4. The smallest absolute Gasteiger partial charge is 0.416 e. The Bertz CT molecular complexity index is 1620. The molecule has 0 spiro atoms. The quantitative estimate of drug-likeness (QED) is 0.263. The van der Waals surface area contributed by atoms with E-state index in [-0.39, 0.29) is 13.2 Å². The molecule has 5 rings (SSSR count). The number of carbonyl (C=O) groups excluding carboxylic acids is 1. The van der Waals surface area contributed by atoms with Crippen molar-refractivity contribution in [2.75, 3.05) is 26.0 Å². The lowest BCUT2D eigenvalue weighted by Crippen LogP contribution is -2.42. The normalized spacial score (nSPS) is 16.0. The number of carbonyl (C=O) groups is 1. The van der Waals surface area contributed by atoms with Crippen LogP contribution in [0.1, 0.15) is 22.9 Å². The number of H-pyrrole nitrogens is 1. The number of fused-ring (bicyclic) bond motifs is 3. The molecular formula is C28H27Cl2N3O6S. The average Bonchev–Trinajstić information content (AvgIpc) is 3.29. The van der Waals surface area contributed by atoms with Crippen LogP contribution in [-0.2, 0) is 16.4 Å². The Hall–Kier alpha value is -3.28. The van der Waals surface area contributed by atoms with E-state index in [4.69, 9.17) is 32.7 Å². The van der Waals surface area contributed by atoms with Crippen LogP contribution < -0.4 is 14.2 Å². The monoisotopic (exact) mass is 603 g/mol. The van der Waals surface area contributed by atoms with Crippen LogP contribution >= 0.6 is 23.2 Å². The summed E-state index contributed by atoms with van der Waals surface area (Å²) in [6, 6.07) is 18.9. The van der Waals surface area contributed by atoms with Crippen molar-refractivity contribution in [3.8, 4) is 11.5 Å². The van der Waals surface area contributed by atoms with Crippen molar-refractivity contribution in [3.05, 3.63) is 93.6 Å². The molecule has 0 radical (unpaired) electrons. The number of hydrogen-bond donors (Lipinski definition) is 3. The van der Waals surface area contributed by atoms with Gasteiger partial charge < -0.3 is 19.6 Å². The number of benzene rings is 3. The summed E-state index contributed by atoms with van der Waals surface area (Å²) < 4.78 is 36.1. The van der Waals surface area contributed by atoms with Crippen molar-refractivity contribution in [2.45, 2.75) is 18.6 Å². The zero-order chi connectivity index (χ0) is 28.4. The van der Waals surface area contributed by atoms with Gasteiger partial charge in [-0.15, -0.1) is 0 Å². The van der Waals surface area contributed by atoms with Gasteiger partial charge in [0, 0.05) is 39.7 Å². The second-order valence-corrected chi connectivity index (χ2v) is 12.2. The molecule has 2 unspecified atom stereocenters. The molecule has 0 aliphatic carbocycles. The van der Waals surface area contributed by atoms with Gasteiger partial charge in [0.15, 0.2) is 0 Å². The van der Waals surface area contributed by atoms with Crippen molar-refractivity contribution < 1.29 is 27.8 Å². The van der Waals surface area contributed by atoms with Crippen molar-refractivity contribution in [1.82, 2.24) is 14.6 Å². The highest BCUT2D eigenvalue weighted by atomic mass is 35.5. The second-order valence-electron chi connectivity index (χ2n) is 9.53. The number of ether oxygens (including phenoxy) is 2. The van der Waals surface area contributed by atoms with E-state index in [1.165, 1.54) is 0 Å². The number of nitrogens with one attached hydrogen (secondary N) is 2. The number of aromatic nitrogens is 1. The molecule has 4 aromatic rings. The number of rotatable bonds is 8. The van der Waals surface area contributed by atoms with E-state index in [1.807, 2.05) is 30.3 Å². The molecule has 3 N–H and O–H groups in total. The van der Waals surface area contributed by atoms with Crippen LogP contribution in [0.15, 0.2) is 66.7 Å². The molecule has 1 amide bonds. The fraction of sp³-hybridized carbons (Fsp3) is 0.250. The highest BCUT2D eigenvalue weighted by Gasteiger charge is 2.35. The highest BCUT2D eigenvalue weighted by molar-refractivity contribution is 7.88. The molecule has 2 atom stereocenters. The minimum absolute atomic E-state index is 0.0994. The predicted molar refractivity (Wildman–Crippen MR) is 154 cm³/mol. The maximum absolute atomic E-state index is 13.4. The Morgan fingerprint density at radius 1 is 1.07 bits per heavy atom. The average molecular weight is 605 g/mol. The van der Waals surface area contributed by atoms with Crippen molar-refractivity contribution >= 4 is 50.2 Å².